The van der Waals surface area contributed by atoms with Crippen LogP contribution < -0.4 is 11.2 Å². The molecule has 0 unspecified atom stereocenters. The van der Waals surface area contributed by atoms with Crippen molar-refractivity contribution in [3.05, 3.63) is 26.4 Å². The van der Waals surface area contributed by atoms with Crippen molar-refractivity contribution in [3.63, 3.8) is 0 Å². The van der Waals surface area contributed by atoms with Gasteiger partial charge in [-0.3, -0.25) is 14.3 Å². The van der Waals surface area contributed by atoms with Crippen LogP contribution >= 0.6 is 0 Å². The van der Waals surface area contributed by atoms with E-state index in [9.17, 15) is 23.1 Å². The molecule has 7 nitrogen and oxygen atoms in total. The van der Waals surface area contributed by atoms with E-state index >= 15 is 0 Å². The molecule has 0 bridgehead atoms. The summed E-state index contributed by atoms with van der Waals surface area (Å²) in [6.45, 7) is 4.32. The molecule has 0 aromatic carbocycles. The number of H-pyrrole nitrogens is 1. The summed E-state index contributed by atoms with van der Waals surface area (Å²) in [5.41, 5.74) is -1.42. The van der Waals surface area contributed by atoms with Gasteiger partial charge < -0.3 is 5.11 Å². The second kappa shape index (κ2) is 4.84. The zero-order chi connectivity index (χ0) is 15.0. The molecule has 1 heterocycles. The lowest BCUT2D eigenvalue weighted by Gasteiger charge is -2.24. The van der Waals surface area contributed by atoms with E-state index in [-0.39, 0.29) is 18.5 Å². The maximum absolute atomic E-state index is 11.7. The lowest BCUT2D eigenvalue weighted by atomic mass is 10.2. The highest BCUT2D eigenvalue weighted by atomic mass is 32.2. The number of sulfone groups is 1. The molecular formula is C11H18N2O5S. The van der Waals surface area contributed by atoms with Crippen LogP contribution in [0.1, 0.15) is 26.3 Å². The second-order valence-electron chi connectivity index (χ2n) is 5.03. The minimum Gasteiger partial charge on any atom is -0.494 e. The van der Waals surface area contributed by atoms with Crippen molar-refractivity contribution in [2.45, 2.75) is 38.5 Å². The molecule has 1 rings (SSSR count). The molecule has 0 aliphatic rings. The van der Waals surface area contributed by atoms with Crippen molar-refractivity contribution < 1.29 is 13.5 Å². The molecule has 8 heteroatoms. The van der Waals surface area contributed by atoms with Crippen LogP contribution in [0.25, 0.3) is 0 Å². The number of hydrogen-bond acceptors (Lipinski definition) is 5. The van der Waals surface area contributed by atoms with Gasteiger partial charge in [0.1, 0.15) is 0 Å². The van der Waals surface area contributed by atoms with Crippen LogP contribution in [0.5, 0.6) is 5.88 Å². The molecule has 0 saturated carbocycles. The monoisotopic (exact) mass is 290 g/mol. The van der Waals surface area contributed by atoms with Gasteiger partial charge in [0.25, 0.3) is 5.56 Å². The molecule has 19 heavy (non-hydrogen) atoms. The number of rotatable bonds is 4. The minimum absolute atomic E-state index is 0.0592. The number of hydrogen-bond donors (Lipinski definition) is 2. The molecule has 0 radical (unpaired) electrons. The molecule has 1 aromatic rings. The van der Waals surface area contributed by atoms with E-state index in [0.29, 0.717) is 0 Å². The summed E-state index contributed by atoms with van der Waals surface area (Å²) in [6, 6.07) is 0. The zero-order valence-corrected chi connectivity index (χ0v) is 12.2. The van der Waals surface area contributed by atoms with Crippen molar-refractivity contribution in [2.75, 3.05) is 6.26 Å². The molecule has 0 saturated heterocycles. The standard InChI is InChI=1S/C11H18N2O5S/c1-5-7-8(14)12-10(16)13(9(7)15)6-11(2,3)19(4,17)18/h15H,5-6H2,1-4H3,(H,12,14,16). The molecule has 1 aromatic heterocycles. The van der Waals surface area contributed by atoms with E-state index in [1.165, 1.54) is 13.8 Å². The van der Waals surface area contributed by atoms with E-state index in [2.05, 4.69) is 4.98 Å². The summed E-state index contributed by atoms with van der Waals surface area (Å²) < 4.78 is 22.9. The van der Waals surface area contributed by atoms with Crippen LogP contribution in [0.15, 0.2) is 9.59 Å². The Bertz CT molecular complexity index is 697. The Hall–Kier alpha value is -1.57. The summed E-state index contributed by atoms with van der Waals surface area (Å²) in [4.78, 5) is 25.2. The lowest BCUT2D eigenvalue weighted by Crippen LogP contribution is -2.42. The van der Waals surface area contributed by atoms with Crippen molar-refractivity contribution >= 4 is 9.84 Å². The first kappa shape index (κ1) is 15.5. The second-order valence-corrected chi connectivity index (χ2v) is 7.68. The van der Waals surface area contributed by atoms with Gasteiger partial charge in [-0.05, 0) is 20.3 Å². The number of nitrogens with zero attached hydrogens (tertiary/aromatic N) is 1. The Balaban J connectivity index is 3.47. The topological polar surface area (TPSA) is 109 Å². The summed E-state index contributed by atoms with van der Waals surface area (Å²) in [5, 5.41) is 9.93. The molecule has 0 atom stereocenters. The van der Waals surface area contributed by atoms with E-state index in [0.717, 1.165) is 10.8 Å². The summed E-state index contributed by atoms with van der Waals surface area (Å²) in [6.07, 6.45) is 1.29. The van der Waals surface area contributed by atoms with E-state index < -0.39 is 31.7 Å². The number of aromatic amines is 1. The van der Waals surface area contributed by atoms with Crippen molar-refractivity contribution in [1.29, 1.82) is 0 Å². The molecule has 2 N–H and O–H groups in total. The molecule has 0 aliphatic heterocycles. The third kappa shape index (κ3) is 2.89. The fraction of sp³-hybridized carbons (Fsp3) is 0.636. The van der Waals surface area contributed by atoms with Crippen LogP contribution in [0, 0.1) is 0 Å². The average Bonchev–Trinajstić information content (AvgIpc) is 2.23. The Morgan fingerprint density at radius 3 is 2.26 bits per heavy atom. The highest BCUT2D eigenvalue weighted by molar-refractivity contribution is 7.92. The van der Waals surface area contributed by atoms with Crippen LogP contribution in [-0.4, -0.2) is 34.1 Å². The van der Waals surface area contributed by atoms with Gasteiger partial charge in [0.05, 0.1) is 10.3 Å². The molecule has 108 valence electrons. The first-order valence-corrected chi connectivity index (χ1v) is 7.65. The van der Waals surface area contributed by atoms with Crippen LogP contribution in [0.3, 0.4) is 0 Å². The molecule has 0 aliphatic carbocycles. The smallest absolute Gasteiger partial charge is 0.331 e. The van der Waals surface area contributed by atoms with Crippen molar-refractivity contribution in [1.82, 2.24) is 9.55 Å². The largest absolute Gasteiger partial charge is 0.494 e. The highest BCUT2D eigenvalue weighted by Crippen LogP contribution is 2.20. The zero-order valence-electron chi connectivity index (χ0n) is 11.3. The maximum atomic E-state index is 11.7. The van der Waals surface area contributed by atoms with Gasteiger partial charge in [-0.15, -0.1) is 0 Å². The van der Waals surface area contributed by atoms with E-state index in [1.807, 2.05) is 0 Å². The Labute approximate surface area is 110 Å². The SMILES string of the molecule is CCc1c(O)n(CC(C)(C)S(C)(=O)=O)c(=O)[nH]c1=O. The normalized spacial score (nSPS) is 12.6. The van der Waals surface area contributed by atoms with Crippen LogP contribution in [0.2, 0.25) is 0 Å². The fourth-order valence-corrected chi connectivity index (χ4v) is 1.93. The van der Waals surface area contributed by atoms with Gasteiger partial charge in [-0.1, -0.05) is 6.92 Å². The molecule has 0 spiro atoms. The first-order valence-electron chi connectivity index (χ1n) is 5.76. The van der Waals surface area contributed by atoms with Crippen molar-refractivity contribution in [3.8, 4) is 5.88 Å². The maximum Gasteiger partial charge on any atom is 0.331 e. The Kier molecular flexibility index (Phi) is 3.94. The van der Waals surface area contributed by atoms with Crippen LogP contribution in [-0.2, 0) is 22.8 Å². The van der Waals surface area contributed by atoms with Gasteiger partial charge in [0.15, 0.2) is 9.84 Å². The van der Waals surface area contributed by atoms with Gasteiger partial charge in [-0.2, -0.15) is 0 Å². The van der Waals surface area contributed by atoms with Crippen LogP contribution in [0.4, 0.5) is 0 Å². The minimum atomic E-state index is -3.43. The fourth-order valence-electron chi connectivity index (χ4n) is 1.56. The lowest BCUT2D eigenvalue weighted by molar-refractivity contribution is 0.374. The quantitative estimate of drug-likeness (QED) is 0.786. The first-order chi connectivity index (χ1) is 8.51. The van der Waals surface area contributed by atoms with Gasteiger partial charge in [0.2, 0.25) is 5.88 Å². The molecule has 0 fully saturated rings. The van der Waals surface area contributed by atoms with E-state index in [1.54, 1.807) is 6.92 Å². The molecular weight excluding hydrogens is 272 g/mol. The number of aromatic nitrogens is 2. The van der Waals surface area contributed by atoms with Gasteiger partial charge in [0, 0.05) is 12.8 Å². The Morgan fingerprint density at radius 2 is 1.84 bits per heavy atom. The predicted octanol–water partition coefficient (Wildman–Crippen LogP) is -0.372. The summed E-state index contributed by atoms with van der Waals surface area (Å²) in [5.74, 6) is -0.479. The van der Waals surface area contributed by atoms with Gasteiger partial charge in [-0.25, -0.2) is 13.2 Å². The third-order valence-corrected chi connectivity index (χ3v) is 5.30. The molecule has 0 amide bonds. The summed E-state index contributed by atoms with van der Waals surface area (Å²) in [7, 11) is -3.43. The number of aromatic hydroxyl groups is 1. The van der Waals surface area contributed by atoms with Gasteiger partial charge >= 0.3 is 5.69 Å². The third-order valence-electron chi connectivity index (χ3n) is 3.16. The predicted molar refractivity (Wildman–Crippen MR) is 71.3 cm³/mol. The average molecular weight is 290 g/mol. The van der Waals surface area contributed by atoms with Crippen molar-refractivity contribution in [2.24, 2.45) is 0 Å². The Morgan fingerprint density at radius 1 is 1.32 bits per heavy atom. The summed E-state index contributed by atoms with van der Waals surface area (Å²) >= 11 is 0. The van der Waals surface area contributed by atoms with E-state index in [4.69, 9.17) is 0 Å². The number of nitrogens with one attached hydrogen (secondary N) is 1. The highest BCUT2D eigenvalue weighted by Gasteiger charge is 2.32.